The van der Waals surface area contributed by atoms with E-state index in [9.17, 15) is 0 Å². The third-order valence-corrected chi connectivity index (χ3v) is 2.56. The summed E-state index contributed by atoms with van der Waals surface area (Å²) in [6.45, 7) is 3.48. The Bertz CT molecular complexity index is 539. The van der Waals surface area contributed by atoms with Gasteiger partial charge in [-0.15, -0.1) is 0 Å². The van der Waals surface area contributed by atoms with Crippen LogP contribution in [0.1, 0.15) is 17.9 Å². The molecule has 0 saturated carbocycles. The zero-order valence-electron chi connectivity index (χ0n) is 9.86. The maximum absolute atomic E-state index is 8.39. The minimum Gasteiger partial charge on any atom is -0.441 e. The highest BCUT2D eigenvalue weighted by atomic mass is 16.3. The smallest absolute Gasteiger partial charge is 0.192 e. The first-order chi connectivity index (χ1) is 8.29. The largest absolute Gasteiger partial charge is 0.441 e. The second-order valence-corrected chi connectivity index (χ2v) is 3.94. The Morgan fingerprint density at radius 2 is 2.29 bits per heavy atom. The predicted molar refractivity (Wildman–Crippen MR) is 65.5 cm³/mol. The van der Waals surface area contributed by atoms with Gasteiger partial charge in [0.1, 0.15) is 5.52 Å². The molecule has 0 unspecified atom stereocenters. The second-order valence-electron chi connectivity index (χ2n) is 3.94. The van der Waals surface area contributed by atoms with E-state index in [-0.39, 0.29) is 0 Å². The normalized spacial score (nSPS) is 10.6. The Morgan fingerprint density at radius 3 is 3.12 bits per heavy atom. The zero-order valence-corrected chi connectivity index (χ0v) is 9.86. The summed E-state index contributed by atoms with van der Waals surface area (Å²) in [5, 5.41) is 11.6. The monoisotopic (exact) mass is 229 g/mol. The first-order valence-electron chi connectivity index (χ1n) is 5.73. The van der Waals surface area contributed by atoms with Gasteiger partial charge in [-0.1, -0.05) is 6.07 Å². The number of fused-ring (bicyclic) bond motifs is 1. The Hall–Kier alpha value is -1.86. The van der Waals surface area contributed by atoms with Crippen LogP contribution in [0.3, 0.4) is 0 Å². The first kappa shape index (κ1) is 11.6. The molecule has 0 bridgehead atoms. The Labute approximate surface area is 100 Å². The number of hydrogen-bond donors (Lipinski definition) is 1. The highest BCUT2D eigenvalue weighted by molar-refractivity contribution is 5.73. The molecule has 0 atom stereocenters. The van der Waals surface area contributed by atoms with Crippen molar-refractivity contribution >= 4 is 11.1 Å². The lowest BCUT2D eigenvalue weighted by atomic mass is 10.1. The van der Waals surface area contributed by atoms with Crippen LogP contribution >= 0.6 is 0 Å². The highest BCUT2D eigenvalue weighted by Crippen LogP contribution is 2.16. The van der Waals surface area contributed by atoms with E-state index in [0.717, 1.165) is 30.6 Å². The van der Waals surface area contributed by atoms with E-state index in [4.69, 9.17) is 9.68 Å². The van der Waals surface area contributed by atoms with Crippen LogP contribution in [-0.4, -0.2) is 18.1 Å². The van der Waals surface area contributed by atoms with Crippen LogP contribution in [0, 0.1) is 18.3 Å². The van der Waals surface area contributed by atoms with Gasteiger partial charge in [-0.25, -0.2) is 4.98 Å². The number of aromatic nitrogens is 1. The third kappa shape index (κ3) is 3.05. The lowest BCUT2D eigenvalue weighted by Crippen LogP contribution is -2.17. The summed E-state index contributed by atoms with van der Waals surface area (Å²) in [6, 6.07) is 8.18. The van der Waals surface area contributed by atoms with Crippen molar-refractivity contribution in [2.75, 3.05) is 13.1 Å². The molecule has 0 fully saturated rings. The van der Waals surface area contributed by atoms with E-state index in [1.165, 1.54) is 5.56 Å². The fourth-order valence-corrected chi connectivity index (χ4v) is 1.74. The average Bonchev–Trinajstić information content (AvgIpc) is 2.68. The van der Waals surface area contributed by atoms with E-state index in [0.29, 0.717) is 12.3 Å². The van der Waals surface area contributed by atoms with Gasteiger partial charge in [0.05, 0.1) is 6.07 Å². The number of oxazole rings is 1. The lowest BCUT2D eigenvalue weighted by Gasteiger charge is -2.02. The number of nitrogens with one attached hydrogen (secondary N) is 1. The summed E-state index contributed by atoms with van der Waals surface area (Å²) in [5.74, 6) is 0.698. The molecule has 0 aliphatic carbocycles. The molecule has 0 aliphatic heterocycles. The van der Waals surface area contributed by atoms with Crippen LogP contribution in [0.15, 0.2) is 22.6 Å². The van der Waals surface area contributed by atoms with Gasteiger partial charge in [0.15, 0.2) is 11.5 Å². The molecule has 17 heavy (non-hydrogen) atoms. The zero-order chi connectivity index (χ0) is 12.1. The highest BCUT2D eigenvalue weighted by Gasteiger charge is 2.02. The molecular weight excluding hydrogens is 214 g/mol. The molecule has 88 valence electrons. The summed E-state index contributed by atoms with van der Waals surface area (Å²) in [6.07, 6.45) is 1.49. The molecular formula is C13H15N3O. The molecule has 1 N–H and O–H groups in total. The third-order valence-electron chi connectivity index (χ3n) is 2.56. The molecule has 0 amide bonds. The number of rotatable bonds is 5. The number of nitrogens with zero attached hydrogens (tertiary/aromatic N) is 2. The van der Waals surface area contributed by atoms with Crippen molar-refractivity contribution in [1.82, 2.24) is 10.3 Å². The predicted octanol–water partition coefficient (Wildman–Crippen LogP) is 2.18. The Kier molecular flexibility index (Phi) is 3.73. The second kappa shape index (κ2) is 5.46. The minimum absolute atomic E-state index is 0.556. The summed E-state index contributed by atoms with van der Waals surface area (Å²) >= 11 is 0. The van der Waals surface area contributed by atoms with Crippen molar-refractivity contribution in [3.8, 4) is 6.07 Å². The molecule has 0 saturated heterocycles. The molecule has 1 aromatic heterocycles. The van der Waals surface area contributed by atoms with E-state index in [1.54, 1.807) is 0 Å². The molecule has 1 heterocycles. The van der Waals surface area contributed by atoms with Crippen molar-refractivity contribution in [2.45, 2.75) is 19.8 Å². The van der Waals surface area contributed by atoms with Crippen LogP contribution in [0.5, 0.6) is 0 Å². The standard InChI is InChI=1S/C13H15N3O/c1-10-16-12-4-3-11(9-13(12)17-10)5-8-15-7-2-6-14/h3-4,9,15H,2,5,7-8H2,1H3. The van der Waals surface area contributed by atoms with Crippen LogP contribution in [0.4, 0.5) is 0 Å². The molecule has 2 rings (SSSR count). The van der Waals surface area contributed by atoms with Crippen molar-refractivity contribution in [3.63, 3.8) is 0 Å². The van der Waals surface area contributed by atoms with Gasteiger partial charge in [0.25, 0.3) is 0 Å². The lowest BCUT2D eigenvalue weighted by molar-refractivity contribution is 0.560. The van der Waals surface area contributed by atoms with E-state index in [2.05, 4.69) is 22.4 Å². The SMILES string of the molecule is Cc1nc2ccc(CCNCCC#N)cc2o1. The summed E-state index contributed by atoms with van der Waals surface area (Å²) in [5.41, 5.74) is 2.97. The molecule has 4 heteroatoms. The summed E-state index contributed by atoms with van der Waals surface area (Å²) in [7, 11) is 0. The van der Waals surface area contributed by atoms with Gasteiger partial charge in [-0.2, -0.15) is 5.26 Å². The van der Waals surface area contributed by atoms with Gasteiger partial charge in [-0.05, 0) is 30.7 Å². The molecule has 0 radical (unpaired) electrons. The van der Waals surface area contributed by atoms with E-state index >= 15 is 0 Å². The van der Waals surface area contributed by atoms with Crippen LogP contribution in [0.2, 0.25) is 0 Å². The van der Waals surface area contributed by atoms with Gasteiger partial charge in [0.2, 0.25) is 0 Å². The first-order valence-corrected chi connectivity index (χ1v) is 5.73. The van der Waals surface area contributed by atoms with Gasteiger partial charge in [-0.3, -0.25) is 0 Å². The molecule has 0 aliphatic rings. The number of nitriles is 1. The van der Waals surface area contributed by atoms with Crippen molar-refractivity contribution < 1.29 is 4.42 Å². The summed E-state index contributed by atoms with van der Waals surface area (Å²) in [4.78, 5) is 4.26. The Morgan fingerprint density at radius 1 is 1.41 bits per heavy atom. The number of benzene rings is 1. The quantitative estimate of drug-likeness (QED) is 0.798. The van der Waals surface area contributed by atoms with Crippen LogP contribution < -0.4 is 5.32 Å². The number of aryl methyl sites for hydroxylation is 1. The van der Waals surface area contributed by atoms with Crippen LogP contribution in [-0.2, 0) is 6.42 Å². The molecule has 1 aromatic carbocycles. The Balaban J connectivity index is 1.93. The van der Waals surface area contributed by atoms with Gasteiger partial charge in [0, 0.05) is 19.9 Å². The van der Waals surface area contributed by atoms with Crippen molar-refractivity contribution in [1.29, 1.82) is 5.26 Å². The fraction of sp³-hybridized carbons (Fsp3) is 0.385. The maximum atomic E-state index is 8.39. The maximum Gasteiger partial charge on any atom is 0.192 e. The minimum atomic E-state index is 0.556. The topological polar surface area (TPSA) is 61.9 Å². The van der Waals surface area contributed by atoms with Gasteiger partial charge >= 0.3 is 0 Å². The fourth-order valence-electron chi connectivity index (χ4n) is 1.74. The molecule has 4 nitrogen and oxygen atoms in total. The summed E-state index contributed by atoms with van der Waals surface area (Å²) < 4.78 is 5.48. The van der Waals surface area contributed by atoms with Crippen LogP contribution in [0.25, 0.3) is 11.1 Å². The van der Waals surface area contributed by atoms with Crippen molar-refractivity contribution in [2.24, 2.45) is 0 Å². The van der Waals surface area contributed by atoms with E-state index in [1.807, 2.05) is 19.1 Å². The molecule has 0 spiro atoms. The van der Waals surface area contributed by atoms with E-state index < -0.39 is 0 Å². The van der Waals surface area contributed by atoms with Gasteiger partial charge < -0.3 is 9.73 Å². The average molecular weight is 229 g/mol. The molecule has 2 aromatic rings. The van der Waals surface area contributed by atoms with Crippen molar-refractivity contribution in [3.05, 3.63) is 29.7 Å². The number of hydrogen-bond acceptors (Lipinski definition) is 4.